The third-order valence-corrected chi connectivity index (χ3v) is 2.41. The number of aromatic nitrogens is 3. The number of rotatable bonds is 5. The molecule has 0 atom stereocenters. The number of alkyl halides is 3. The van der Waals surface area contributed by atoms with Gasteiger partial charge in [-0.2, -0.15) is 13.2 Å². The fraction of sp³-hybridized carbons (Fsp3) is 0.727. The summed E-state index contributed by atoms with van der Waals surface area (Å²) in [6, 6.07) is 0. The van der Waals surface area contributed by atoms with Crippen molar-refractivity contribution >= 4 is 5.97 Å². The summed E-state index contributed by atoms with van der Waals surface area (Å²) in [5, 5.41) is 16.1. The van der Waals surface area contributed by atoms with E-state index < -0.39 is 29.1 Å². The van der Waals surface area contributed by atoms with Crippen LogP contribution in [0.1, 0.15) is 43.4 Å². The van der Waals surface area contributed by atoms with Crippen molar-refractivity contribution in [1.82, 2.24) is 15.0 Å². The molecule has 0 aliphatic heterocycles. The van der Waals surface area contributed by atoms with Crippen LogP contribution in [-0.4, -0.2) is 38.3 Å². The molecular formula is C11H16F3N3O3. The van der Waals surface area contributed by atoms with Gasteiger partial charge in [-0.3, -0.25) is 0 Å². The highest BCUT2D eigenvalue weighted by Gasteiger charge is 2.42. The van der Waals surface area contributed by atoms with E-state index in [0.29, 0.717) is 4.68 Å². The van der Waals surface area contributed by atoms with Gasteiger partial charge in [0, 0.05) is 6.54 Å². The molecule has 20 heavy (non-hydrogen) atoms. The highest BCUT2D eigenvalue weighted by atomic mass is 19.4. The zero-order valence-corrected chi connectivity index (χ0v) is 11.4. The van der Waals surface area contributed by atoms with E-state index in [1.54, 1.807) is 0 Å². The van der Waals surface area contributed by atoms with Crippen LogP contribution < -0.4 is 0 Å². The van der Waals surface area contributed by atoms with E-state index in [0.717, 1.165) is 0 Å². The van der Waals surface area contributed by atoms with E-state index in [1.165, 1.54) is 20.8 Å². The first-order valence-electron chi connectivity index (χ1n) is 5.96. The Labute approximate surface area is 113 Å². The number of hydrogen-bond donors (Lipinski definition) is 1. The molecule has 1 rings (SSSR count). The third-order valence-electron chi connectivity index (χ3n) is 2.41. The number of carbonyl (C=O) groups is 1. The standard InChI is InChI=1S/C11H16F3N3O3/c1-4-20-9(18)7-8(11(12,13)14)17(16-15-7)6-5-10(2,3)19/h19H,4-6H2,1-3H3. The van der Waals surface area contributed by atoms with Crippen molar-refractivity contribution in [2.24, 2.45) is 0 Å². The average molecular weight is 295 g/mol. The molecule has 0 amide bonds. The number of ether oxygens (including phenoxy) is 1. The summed E-state index contributed by atoms with van der Waals surface area (Å²) in [5.74, 6) is -1.17. The topological polar surface area (TPSA) is 77.2 Å². The van der Waals surface area contributed by atoms with E-state index in [2.05, 4.69) is 15.0 Å². The summed E-state index contributed by atoms with van der Waals surface area (Å²) >= 11 is 0. The van der Waals surface area contributed by atoms with Gasteiger partial charge in [-0.15, -0.1) is 5.10 Å². The van der Waals surface area contributed by atoms with Crippen LogP contribution in [0.25, 0.3) is 0 Å². The number of nitrogens with zero attached hydrogens (tertiary/aromatic N) is 3. The van der Waals surface area contributed by atoms with Crippen LogP contribution >= 0.6 is 0 Å². The zero-order valence-electron chi connectivity index (χ0n) is 11.4. The van der Waals surface area contributed by atoms with Crippen molar-refractivity contribution in [3.05, 3.63) is 11.4 Å². The monoisotopic (exact) mass is 295 g/mol. The van der Waals surface area contributed by atoms with E-state index in [-0.39, 0.29) is 19.6 Å². The fourth-order valence-electron chi connectivity index (χ4n) is 1.47. The van der Waals surface area contributed by atoms with E-state index >= 15 is 0 Å². The second-order valence-corrected chi connectivity index (χ2v) is 4.79. The molecular weight excluding hydrogens is 279 g/mol. The maximum atomic E-state index is 13.0. The molecule has 0 aromatic carbocycles. The van der Waals surface area contributed by atoms with E-state index in [9.17, 15) is 23.1 Å². The summed E-state index contributed by atoms with van der Waals surface area (Å²) in [7, 11) is 0. The number of halogens is 3. The Kier molecular flexibility index (Phi) is 4.74. The van der Waals surface area contributed by atoms with Gasteiger partial charge in [0.25, 0.3) is 0 Å². The Morgan fingerprint density at radius 3 is 2.45 bits per heavy atom. The Morgan fingerprint density at radius 2 is 2.00 bits per heavy atom. The minimum Gasteiger partial charge on any atom is -0.461 e. The van der Waals surface area contributed by atoms with Gasteiger partial charge in [-0.1, -0.05) is 5.21 Å². The number of aliphatic hydroxyl groups is 1. The zero-order chi connectivity index (χ0) is 15.6. The molecule has 0 aliphatic carbocycles. The van der Waals surface area contributed by atoms with Gasteiger partial charge in [0.15, 0.2) is 5.69 Å². The van der Waals surface area contributed by atoms with E-state index in [4.69, 9.17) is 0 Å². The van der Waals surface area contributed by atoms with Crippen molar-refractivity contribution < 1.29 is 27.8 Å². The van der Waals surface area contributed by atoms with Crippen LogP contribution in [0.4, 0.5) is 13.2 Å². The van der Waals surface area contributed by atoms with Crippen molar-refractivity contribution in [3.8, 4) is 0 Å². The molecule has 0 aliphatic rings. The fourth-order valence-corrected chi connectivity index (χ4v) is 1.47. The van der Waals surface area contributed by atoms with Gasteiger partial charge in [0.1, 0.15) is 0 Å². The first-order chi connectivity index (χ1) is 9.06. The minimum atomic E-state index is -4.79. The van der Waals surface area contributed by atoms with Crippen LogP contribution in [-0.2, 0) is 17.5 Å². The predicted molar refractivity (Wildman–Crippen MR) is 61.9 cm³/mol. The molecule has 1 aromatic heterocycles. The van der Waals surface area contributed by atoms with Crippen LogP contribution in [0.3, 0.4) is 0 Å². The van der Waals surface area contributed by atoms with Gasteiger partial charge < -0.3 is 9.84 Å². The maximum Gasteiger partial charge on any atom is 0.435 e. The quantitative estimate of drug-likeness (QED) is 0.835. The summed E-state index contributed by atoms with van der Waals surface area (Å²) in [4.78, 5) is 11.4. The van der Waals surface area contributed by atoms with Crippen molar-refractivity contribution in [3.63, 3.8) is 0 Å². The molecule has 0 fully saturated rings. The third kappa shape index (κ3) is 4.19. The Balaban J connectivity index is 3.10. The second kappa shape index (κ2) is 5.78. The molecule has 6 nitrogen and oxygen atoms in total. The lowest BCUT2D eigenvalue weighted by molar-refractivity contribution is -0.145. The number of esters is 1. The predicted octanol–water partition coefficient (Wildman–Crippen LogP) is 1.63. The molecule has 9 heteroatoms. The molecule has 0 bridgehead atoms. The second-order valence-electron chi connectivity index (χ2n) is 4.79. The first-order valence-corrected chi connectivity index (χ1v) is 5.96. The average Bonchev–Trinajstić information content (AvgIpc) is 2.69. The summed E-state index contributed by atoms with van der Waals surface area (Å²) < 4.78 is 44.1. The molecule has 1 N–H and O–H groups in total. The molecule has 114 valence electrons. The minimum absolute atomic E-state index is 0.0295. The number of carbonyl (C=O) groups excluding carboxylic acids is 1. The highest BCUT2D eigenvalue weighted by molar-refractivity contribution is 5.88. The molecule has 0 unspecified atom stereocenters. The molecule has 0 radical (unpaired) electrons. The van der Waals surface area contributed by atoms with Crippen LogP contribution in [0.15, 0.2) is 0 Å². The van der Waals surface area contributed by atoms with Crippen molar-refractivity contribution in [2.45, 2.75) is 45.5 Å². The normalized spacial score (nSPS) is 12.6. The lowest BCUT2D eigenvalue weighted by Gasteiger charge is -2.17. The van der Waals surface area contributed by atoms with Gasteiger partial charge in [-0.25, -0.2) is 9.48 Å². The van der Waals surface area contributed by atoms with Gasteiger partial charge in [0.2, 0.25) is 5.69 Å². The lowest BCUT2D eigenvalue weighted by atomic mass is 10.1. The van der Waals surface area contributed by atoms with Crippen LogP contribution in [0.2, 0.25) is 0 Å². The molecule has 0 saturated heterocycles. The van der Waals surface area contributed by atoms with Crippen LogP contribution in [0, 0.1) is 0 Å². The SMILES string of the molecule is CCOC(=O)c1nnn(CCC(C)(C)O)c1C(F)(F)F. The maximum absolute atomic E-state index is 13.0. The van der Waals surface area contributed by atoms with Gasteiger partial charge in [-0.05, 0) is 27.2 Å². The molecule has 1 heterocycles. The molecule has 0 saturated carbocycles. The Morgan fingerprint density at radius 1 is 1.40 bits per heavy atom. The van der Waals surface area contributed by atoms with Crippen LogP contribution in [0.5, 0.6) is 0 Å². The Bertz CT molecular complexity index is 477. The summed E-state index contributed by atoms with van der Waals surface area (Å²) in [6.07, 6.45) is -4.76. The van der Waals surface area contributed by atoms with E-state index in [1.807, 2.05) is 0 Å². The summed E-state index contributed by atoms with van der Waals surface area (Å²) in [6.45, 7) is 4.12. The van der Waals surface area contributed by atoms with Crippen molar-refractivity contribution in [2.75, 3.05) is 6.61 Å². The number of hydrogen-bond acceptors (Lipinski definition) is 5. The lowest BCUT2D eigenvalue weighted by Crippen LogP contribution is -2.24. The Hall–Kier alpha value is -1.64. The van der Waals surface area contributed by atoms with Gasteiger partial charge in [0.05, 0.1) is 12.2 Å². The number of aryl methyl sites for hydroxylation is 1. The molecule has 1 aromatic rings. The van der Waals surface area contributed by atoms with Crippen molar-refractivity contribution in [1.29, 1.82) is 0 Å². The summed E-state index contributed by atoms with van der Waals surface area (Å²) in [5.41, 5.74) is -3.28. The molecule has 0 spiro atoms. The van der Waals surface area contributed by atoms with Gasteiger partial charge >= 0.3 is 12.1 Å². The largest absolute Gasteiger partial charge is 0.461 e. The first kappa shape index (κ1) is 16.4. The highest BCUT2D eigenvalue weighted by Crippen LogP contribution is 2.31. The smallest absolute Gasteiger partial charge is 0.435 e.